The van der Waals surface area contributed by atoms with E-state index in [1.165, 1.54) is 11.8 Å². The van der Waals surface area contributed by atoms with Crippen LogP contribution in [0.2, 0.25) is 0 Å². The fourth-order valence-electron chi connectivity index (χ4n) is 3.50. The molecule has 0 spiro atoms. The molecule has 0 radical (unpaired) electrons. The largest absolute Gasteiger partial charge is 0.489 e. The minimum atomic E-state index is -0.450. The predicted octanol–water partition coefficient (Wildman–Crippen LogP) is 5.73. The number of para-hydroxylation sites is 1. The van der Waals surface area contributed by atoms with Crippen molar-refractivity contribution in [2.24, 2.45) is 0 Å². The second-order valence-electron chi connectivity index (χ2n) is 7.22. The average Bonchev–Trinajstić information content (AvgIpc) is 3.00. The fourth-order valence-corrected chi connectivity index (χ4v) is 4.00. The number of aromatic nitrogens is 3. The molecule has 1 aliphatic rings. The molecular weight excluding hydrogens is 420 g/mol. The quantitative estimate of drug-likeness (QED) is 0.382. The number of fused-ring (bicyclic) bond motifs is 3. The van der Waals surface area contributed by atoms with E-state index in [4.69, 9.17) is 9.47 Å². The molecule has 4 aromatic rings. The highest BCUT2D eigenvalue weighted by molar-refractivity contribution is 7.99. The molecule has 1 aliphatic heterocycles. The summed E-state index contributed by atoms with van der Waals surface area (Å²) in [6.07, 6.45) is -0.450. The van der Waals surface area contributed by atoms with Crippen molar-refractivity contribution in [1.29, 1.82) is 0 Å². The second-order valence-corrected chi connectivity index (χ2v) is 8.45. The van der Waals surface area contributed by atoms with Gasteiger partial charge in [0, 0.05) is 16.8 Å². The van der Waals surface area contributed by atoms with Crippen molar-refractivity contribution in [3.63, 3.8) is 0 Å². The first-order chi connectivity index (χ1) is 15.8. The Morgan fingerprint density at radius 2 is 1.81 bits per heavy atom. The number of anilines is 1. The number of hydrogen-bond acceptors (Lipinski definition) is 7. The molecule has 6 nitrogen and oxygen atoms in total. The molecule has 1 unspecified atom stereocenters. The van der Waals surface area contributed by atoms with Gasteiger partial charge < -0.3 is 14.8 Å². The van der Waals surface area contributed by atoms with E-state index in [2.05, 4.69) is 27.4 Å². The van der Waals surface area contributed by atoms with Gasteiger partial charge in [-0.3, -0.25) is 0 Å². The van der Waals surface area contributed by atoms with Crippen molar-refractivity contribution >= 4 is 17.4 Å². The van der Waals surface area contributed by atoms with Crippen molar-refractivity contribution in [1.82, 2.24) is 15.2 Å². The SMILES string of the molecule is CCSc1nnc2c(n1)OC(c1cccc(OCc3ccccc3)c1)Nc1ccccc1-2. The van der Waals surface area contributed by atoms with Crippen LogP contribution < -0.4 is 14.8 Å². The highest BCUT2D eigenvalue weighted by Gasteiger charge is 2.26. The molecule has 1 N–H and O–H groups in total. The molecule has 7 heteroatoms. The van der Waals surface area contributed by atoms with E-state index in [1.807, 2.05) is 78.9 Å². The number of thioether (sulfide) groups is 1. The summed E-state index contributed by atoms with van der Waals surface area (Å²) in [6.45, 7) is 2.56. The lowest BCUT2D eigenvalue weighted by molar-refractivity contribution is 0.224. The van der Waals surface area contributed by atoms with Crippen molar-refractivity contribution in [2.75, 3.05) is 11.1 Å². The second kappa shape index (κ2) is 9.28. The summed E-state index contributed by atoms with van der Waals surface area (Å²) in [5.74, 6) is 2.10. The number of hydrogen-bond donors (Lipinski definition) is 1. The Morgan fingerprint density at radius 1 is 0.969 bits per heavy atom. The molecule has 32 heavy (non-hydrogen) atoms. The number of nitrogens with zero attached hydrogens (tertiary/aromatic N) is 3. The molecule has 1 atom stereocenters. The van der Waals surface area contributed by atoms with Gasteiger partial charge in [-0.05, 0) is 29.5 Å². The Bertz CT molecular complexity index is 1220. The molecule has 2 heterocycles. The molecule has 160 valence electrons. The van der Waals surface area contributed by atoms with Crippen LogP contribution in [0, 0.1) is 0 Å². The molecule has 0 aliphatic carbocycles. The standard InChI is InChI=1S/C25H22N4O2S/c1-2-32-25-27-24-22(28-29-25)20-13-6-7-14-21(20)26-23(31-24)18-11-8-12-19(15-18)30-16-17-9-4-3-5-10-17/h3-15,23,26H,2,16H2,1H3. The summed E-state index contributed by atoms with van der Waals surface area (Å²) in [4.78, 5) is 4.63. The molecule has 0 bridgehead atoms. The summed E-state index contributed by atoms with van der Waals surface area (Å²) in [6, 6.07) is 26.0. The first-order valence-corrected chi connectivity index (χ1v) is 11.5. The van der Waals surface area contributed by atoms with Gasteiger partial charge in [-0.1, -0.05) is 79.3 Å². The Kier molecular flexibility index (Phi) is 5.89. The minimum Gasteiger partial charge on any atom is -0.489 e. The van der Waals surface area contributed by atoms with Gasteiger partial charge in [0.2, 0.25) is 11.0 Å². The zero-order valence-electron chi connectivity index (χ0n) is 17.6. The molecule has 0 fully saturated rings. The third-order valence-electron chi connectivity index (χ3n) is 5.02. The van der Waals surface area contributed by atoms with Gasteiger partial charge in [0.25, 0.3) is 0 Å². The summed E-state index contributed by atoms with van der Waals surface area (Å²) in [7, 11) is 0. The zero-order chi connectivity index (χ0) is 21.8. The summed E-state index contributed by atoms with van der Waals surface area (Å²) < 4.78 is 12.4. The Morgan fingerprint density at radius 3 is 2.69 bits per heavy atom. The fraction of sp³-hybridized carbons (Fsp3) is 0.160. The summed E-state index contributed by atoms with van der Waals surface area (Å²) >= 11 is 1.54. The maximum absolute atomic E-state index is 6.34. The minimum absolute atomic E-state index is 0.450. The van der Waals surface area contributed by atoms with Crippen LogP contribution in [0.15, 0.2) is 84.0 Å². The number of rotatable bonds is 6. The van der Waals surface area contributed by atoms with Gasteiger partial charge in [-0.15, -0.1) is 10.2 Å². The van der Waals surface area contributed by atoms with Crippen LogP contribution in [0.4, 0.5) is 5.69 Å². The summed E-state index contributed by atoms with van der Waals surface area (Å²) in [5.41, 5.74) is 4.51. The van der Waals surface area contributed by atoms with E-state index in [0.717, 1.165) is 33.9 Å². The van der Waals surface area contributed by atoms with Gasteiger partial charge in [0.1, 0.15) is 12.4 Å². The Labute approximate surface area is 191 Å². The van der Waals surface area contributed by atoms with E-state index < -0.39 is 6.23 Å². The lowest BCUT2D eigenvalue weighted by atomic mass is 10.1. The van der Waals surface area contributed by atoms with Gasteiger partial charge in [-0.25, -0.2) is 0 Å². The van der Waals surface area contributed by atoms with Crippen LogP contribution in [0.1, 0.15) is 24.3 Å². The molecule has 0 saturated heterocycles. The molecule has 3 aromatic carbocycles. The average molecular weight is 443 g/mol. The molecule has 1 aromatic heterocycles. The Hall–Kier alpha value is -3.58. The number of nitrogens with one attached hydrogen (secondary N) is 1. The van der Waals surface area contributed by atoms with Crippen LogP contribution in [0.25, 0.3) is 11.3 Å². The first-order valence-electron chi connectivity index (χ1n) is 10.5. The lowest BCUT2D eigenvalue weighted by Gasteiger charge is -2.20. The zero-order valence-corrected chi connectivity index (χ0v) is 18.4. The summed E-state index contributed by atoms with van der Waals surface area (Å²) in [5, 5.41) is 12.8. The van der Waals surface area contributed by atoms with E-state index in [9.17, 15) is 0 Å². The third kappa shape index (κ3) is 4.38. The van der Waals surface area contributed by atoms with Gasteiger partial charge in [0.05, 0.1) is 0 Å². The normalized spacial score (nSPS) is 14.3. The smallest absolute Gasteiger partial charge is 0.247 e. The van der Waals surface area contributed by atoms with Crippen molar-refractivity contribution in [3.05, 3.63) is 90.0 Å². The van der Waals surface area contributed by atoms with Crippen LogP contribution in [-0.2, 0) is 6.61 Å². The number of ether oxygens (including phenoxy) is 2. The molecule has 0 saturated carbocycles. The molecule has 0 amide bonds. The van der Waals surface area contributed by atoms with Crippen molar-refractivity contribution < 1.29 is 9.47 Å². The predicted molar refractivity (Wildman–Crippen MR) is 126 cm³/mol. The topological polar surface area (TPSA) is 69.2 Å². The maximum Gasteiger partial charge on any atom is 0.247 e. The van der Waals surface area contributed by atoms with Crippen molar-refractivity contribution in [2.45, 2.75) is 24.9 Å². The monoisotopic (exact) mass is 442 g/mol. The highest BCUT2D eigenvalue weighted by atomic mass is 32.2. The van der Waals surface area contributed by atoms with E-state index in [1.54, 1.807) is 0 Å². The maximum atomic E-state index is 6.34. The van der Waals surface area contributed by atoms with E-state index in [-0.39, 0.29) is 0 Å². The van der Waals surface area contributed by atoms with Crippen LogP contribution in [-0.4, -0.2) is 20.9 Å². The molecule has 5 rings (SSSR count). The van der Waals surface area contributed by atoms with E-state index >= 15 is 0 Å². The van der Waals surface area contributed by atoms with Gasteiger partial charge in [-0.2, -0.15) is 4.98 Å². The third-order valence-corrected chi connectivity index (χ3v) is 5.74. The Balaban J connectivity index is 1.46. The van der Waals surface area contributed by atoms with E-state index in [0.29, 0.717) is 23.3 Å². The lowest BCUT2D eigenvalue weighted by Crippen LogP contribution is -2.17. The van der Waals surface area contributed by atoms with Crippen molar-refractivity contribution in [3.8, 4) is 22.9 Å². The number of benzene rings is 3. The highest BCUT2D eigenvalue weighted by Crippen LogP contribution is 2.39. The van der Waals surface area contributed by atoms with Crippen LogP contribution in [0.3, 0.4) is 0 Å². The van der Waals surface area contributed by atoms with Gasteiger partial charge in [0.15, 0.2) is 11.9 Å². The van der Waals surface area contributed by atoms with Crippen LogP contribution in [0.5, 0.6) is 11.6 Å². The van der Waals surface area contributed by atoms with Crippen LogP contribution >= 0.6 is 11.8 Å². The first kappa shape index (κ1) is 20.3. The molecular formula is C25H22N4O2S. The van der Waals surface area contributed by atoms with Gasteiger partial charge >= 0.3 is 0 Å².